The molecule has 5 nitrogen and oxygen atoms in total. The summed E-state index contributed by atoms with van der Waals surface area (Å²) in [5, 5.41) is 5.19. The van der Waals surface area contributed by atoms with Crippen molar-refractivity contribution in [2.75, 3.05) is 13.2 Å². The van der Waals surface area contributed by atoms with Gasteiger partial charge in [-0.3, -0.25) is 9.69 Å². The molecule has 2 aromatic carbocycles. The Bertz CT molecular complexity index is 956. The van der Waals surface area contributed by atoms with E-state index in [1.165, 1.54) is 37.0 Å². The van der Waals surface area contributed by atoms with Crippen LogP contribution < -0.4 is 5.32 Å². The lowest BCUT2D eigenvalue weighted by molar-refractivity contribution is -0.133. The number of carbonyl (C=O) groups is 2. The van der Waals surface area contributed by atoms with E-state index in [1.54, 1.807) is 0 Å². The Morgan fingerprint density at radius 2 is 1.76 bits per heavy atom. The summed E-state index contributed by atoms with van der Waals surface area (Å²) in [4.78, 5) is 30.1. The summed E-state index contributed by atoms with van der Waals surface area (Å²) < 4.78 is 0. The van der Waals surface area contributed by atoms with E-state index in [4.69, 9.17) is 0 Å². The second-order valence-corrected chi connectivity index (χ2v) is 9.06. The lowest BCUT2D eigenvalue weighted by Crippen LogP contribution is -2.52. The number of fused-ring (bicyclic) bond motifs is 2. The topological polar surface area (TPSA) is 52.7 Å². The van der Waals surface area contributed by atoms with Gasteiger partial charge in [0.05, 0.1) is 6.67 Å². The first kappa shape index (κ1) is 18.6. The number of hydrogen-bond donors (Lipinski definition) is 1. The van der Waals surface area contributed by atoms with Crippen LogP contribution in [0.1, 0.15) is 51.0 Å². The Morgan fingerprint density at radius 3 is 2.62 bits per heavy atom. The number of nitrogens with zero attached hydrogens (tertiary/aromatic N) is 2. The van der Waals surface area contributed by atoms with Crippen molar-refractivity contribution >= 4 is 22.7 Å². The fourth-order valence-corrected chi connectivity index (χ4v) is 5.61. The van der Waals surface area contributed by atoms with Gasteiger partial charge in [0.15, 0.2) is 0 Å². The van der Waals surface area contributed by atoms with Crippen LogP contribution in [-0.2, 0) is 10.3 Å². The van der Waals surface area contributed by atoms with Crippen molar-refractivity contribution in [2.24, 2.45) is 5.92 Å². The minimum atomic E-state index is -1.01. The molecule has 1 saturated carbocycles. The van der Waals surface area contributed by atoms with E-state index in [1.807, 2.05) is 43.3 Å². The Hall–Kier alpha value is -2.40. The first-order chi connectivity index (χ1) is 14.1. The van der Waals surface area contributed by atoms with Crippen molar-refractivity contribution in [3.63, 3.8) is 0 Å². The molecule has 2 heterocycles. The number of benzene rings is 2. The summed E-state index contributed by atoms with van der Waals surface area (Å²) in [7, 11) is 0. The van der Waals surface area contributed by atoms with Crippen LogP contribution in [0.4, 0.5) is 4.79 Å². The van der Waals surface area contributed by atoms with E-state index >= 15 is 0 Å². The first-order valence-corrected chi connectivity index (χ1v) is 10.9. The van der Waals surface area contributed by atoms with Crippen LogP contribution in [0, 0.1) is 5.92 Å². The van der Waals surface area contributed by atoms with Gasteiger partial charge in [-0.25, -0.2) is 9.69 Å². The third-order valence-corrected chi connectivity index (χ3v) is 7.28. The maximum atomic E-state index is 13.4. The highest BCUT2D eigenvalue weighted by molar-refractivity contribution is 6.07. The molecular formula is C24H29N3O2. The number of urea groups is 1. The Labute approximate surface area is 172 Å². The third kappa shape index (κ3) is 3.12. The monoisotopic (exact) mass is 391 g/mol. The van der Waals surface area contributed by atoms with Crippen LogP contribution >= 0.6 is 0 Å². The molecule has 5 heteroatoms. The summed E-state index contributed by atoms with van der Waals surface area (Å²) in [5.74, 6) is 0.584. The summed E-state index contributed by atoms with van der Waals surface area (Å²) in [6.45, 7) is 3.22. The maximum Gasteiger partial charge on any atom is 0.326 e. The van der Waals surface area contributed by atoms with Crippen molar-refractivity contribution < 1.29 is 9.59 Å². The fourth-order valence-electron chi connectivity index (χ4n) is 5.61. The summed E-state index contributed by atoms with van der Waals surface area (Å²) in [6, 6.07) is 14.3. The highest BCUT2D eigenvalue weighted by Crippen LogP contribution is 2.36. The molecule has 3 amide bonds. The average molecular weight is 392 g/mol. The van der Waals surface area contributed by atoms with Crippen molar-refractivity contribution in [1.29, 1.82) is 0 Å². The number of amides is 3. The van der Waals surface area contributed by atoms with Gasteiger partial charge in [0.25, 0.3) is 5.91 Å². The molecule has 3 aliphatic rings. The SMILES string of the molecule is C[C@@]1(c2ccc3ccccc3c2)NC(=O)N(CN2CCC[C@H]3CCCC[C@@H]32)C1=O. The highest BCUT2D eigenvalue weighted by Gasteiger charge is 2.50. The van der Waals surface area contributed by atoms with Crippen molar-refractivity contribution in [2.45, 2.75) is 57.0 Å². The number of nitrogens with one attached hydrogen (secondary N) is 1. The lowest BCUT2D eigenvalue weighted by atomic mass is 9.78. The lowest BCUT2D eigenvalue weighted by Gasteiger charge is -2.45. The number of hydrogen-bond acceptors (Lipinski definition) is 3. The molecule has 29 heavy (non-hydrogen) atoms. The van der Waals surface area contributed by atoms with E-state index < -0.39 is 5.54 Å². The molecule has 1 aliphatic carbocycles. The van der Waals surface area contributed by atoms with Crippen LogP contribution in [0.2, 0.25) is 0 Å². The number of imide groups is 1. The van der Waals surface area contributed by atoms with E-state index in [-0.39, 0.29) is 11.9 Å². The van der Waals surface area contributed by atoms with Crippen molar-refractivity contribution in [3.05, 3.63) is 48.0 Å². The molecule has 0 unspecified atom stereocenters. The molecule has 3 fully saturated rings. The molecule has 2 aromatic rings. The Balaban J connectivity index is 1.40. The molecule has 2 aliphatic heterocycles. The molecule has 0 radical (unpaired) electrons. The smallest absolute Gasteiger partial charge is 0.319 e. The van der Waals surface area contributed by atoms with Gasteiger partial charge in [0.1, 0.15) is 5.54 Å². The average Bonchev–Trinajstić information content (AvgIpc) is 2.97. The van der Waals surface area contributed by atoms with Gasteiger partial charge in [-0.1, -0.05) is 49.2 Å². The van der Waals surface area contributed by atoms with Crippen LogP contribution in [-0.4, -0.2) is 41.0 Å². The number of piperidine rings is 1. The van der Waals surface area contributed by atoms with E-state index in [0.29, 0.717) is 12.7 Å². The zero-order valence-electron chi connectivity index (χ0n) is 17.1. The van der Waals surface area contributed by atoms with Gasteiger partial charge in [-0.05, 0) is 60.9 Å². The van der Waals surface area contributed by atoms with Crippen LogP contribution in [0.5, 0.6) is 0 Å². The number of carbonyl (C=O) groups excluding carboxylic acids is 2. The van der Waals surface area contributed by atoms with Gasteiger partial charge in [-0.2, -0.15) is 0 Å². The second kappa shape index (κ2) is 7.13. The van der Waals surface area contributed by atoms with Crippen molar-refractivity contribution in [3.8, 4) is 0 Å². The van der Waals surface area contributed by atoms with Crippen LogP contribution in [0.3, 0.4) is 0 Å². The van der Waals surface area contributed by atoms with Gasteiger partial charge in [0, 0.05) is 12.6 Å². The number of likely N-dealkylation sites (tertiary alicyclic amines) is 1. The maximum absolute atomic E-state index is 13.4. The largest absolute Gasteiger partial charge is 0.326 e. The van der Waals surface area contributed by atoms with Crippen LogP contribution in [0.25, 0.3) is 10.8 Å². The fraction of sp³-hybridized carbons (Fsp3) is 0.500. The highest BCUT2D eigenvalue weighted by atomic mass is 16.2. The van der Waals surface area contributed by atoms with E-state index in [2.05, 4.69) is 16.3 Å². The third-order valence-electron chi connectivity index (χ3n) is 7.28. The molecule has 152 valence electrons. The first-order valence-electron chi connectivity index (χ1n) is 10.9. The molecule has 5 rings (SSSR count). The predicted molar refractivity (Wildman–Crippen MR) is 113 cm³/mol. The normalized spacial score (nSPS) is 30.4. The Kier molecular flexibility index (Phi) is 4.58. The molecule has 0 aromatic heterocycles. The van der Waals surface area contributed by atoms with Gasteiger partial charge >= 0.3 is 6.03 Å². The standard InChI is InChI=1S/C24H29N3O2/c1-24(20-13-12-17-7-2-3-9-19(17)15-20)22(28)27(23(29)25-24)16-26-14-6-10-18-8-4-5-11-21(18)26/h2-3,7,9,12-13,15,18,21H,4-6,8,10-11,14,16H2,1H3,(H,25,29)/t18-,21+,24+/m1/s1. The summed E-state index contributed by atoms with van der Waals surface area (Å²) in [5.41, 5.74) is -0.172. The number of rotatable bonds is 3. The second-order valence-electron chi connectivity index (χ2n) is 9.06. The van der Waals surface area contributed by atoms with Crippen LogP contribution in [0.15, 0.2) is 42.5 Å². The molecule has 0 bridgehead atoms. The molecule has 0 spiro atoms. The minimum Gasteiger partial charge on any atom is -0.319 e. The van der Waals surface area contributed by atoms with Gasteiger partial charge < -0.3 is 5.32 Å². The Morgan fingerprint density at radius 1 is 1.00 bits per heavy atom. The molecule has 2 saturated heterocycles. The summed E-state index contributed by atoms with van der Waals surface area (Å²) in [6.07, 6.45) is 7.50. The van der Waals surface area contributed by atoms with Gasteiger partial charge in [0.2, 0.25) is 0 Å². The molecular weight excluding hydrogens is 362 g/mol. The quantitative estimate of drug-likeness (QED) is 0.797. The summed E-state index contributed by atoms with van der Waals surface area (Å²) >= 11 is 0. The van der Waals surface area contributed by atoms with E-state index in [9.17, 15) is 9.59 Å². The minimum absolute atomic E-state index is 0.143. The zero-order chi connectivity index (χ0) is 20.0. The molecule has 3 atom stereocenters. The zero-order valence-corrected chi connectivity index (χ0v) is 17.1. The molecule has 1 N–H and O–H groups in total. The van der Waals surface area contributed by atoms with E-state index in [0.717, 1.165) is 35.2 Å². The predicted octanol–water partition coefficient (Wildman–Crippen LogP) is 4.22. The van der Waals surface area contributed by atoms with Gasteiger partial charge in [-0.15, -0.1) is 0 Å². The van der Waals surface area contributed by atoms with Crippen molar-refractivity contribution in [1.82, 2.24) is 15.1 Å².